The Morgan fingerprint density at radius 1 is 1.03 bits per heavy atom. The molecule has 8 nitrogen and oxygen atoms in total. The standard InChI is InChI=1S/C25H23N3O5S/c1-33-19-9-5-8-18(14-19)28-34(31,32)20-10-11-23-21(15-20)24(29)22(16-27-23)25(30)26-13-12-17-6-3-2-4-7-17/h2-11,14-16,22,28H,12-13H2,1H3,(H,26,30). The average molecular weight is 478 g/mol. The smallest absolute Gasteiger partial charge is 0.261 e. The molecule has 1 unspecified atom stereocenters. The Hall–Kier alpha value is -3.98. The van der Waals surface area contributed by atoms with Gasteiger partial charge in [0.05, 0.1) is 23.4 Å². The number of hydrogen-bond acceptors (Lipinski definition) is 6. The highest BCUT2D eigenvalue weighted by atomic mass is 32.2. The number of Topliss-reactive ketones (excluding diaryl/α,β-unsaturated/α-hetero) is 1. The van der Waals surface area contributed by atoms with Crippen LogP contribution in [-0.2, 0) is 21.2 Å². The largest absolute Gasteiger partial charge is 0.497 e. The van der Waals surface area contributed by atoms with E-state index in [1.54, 1.807) is 24.3 Å². The highest BCUT2D eigenvalue weighted by Gasteiger charge is 2.31. The molecule has 0 radical (unpaired) electrons. The van der Waals surface area contributed by atoms with Crippen molar-refractivity contribution in [3.05, 3.63) is 83.9 Å². The fourth-order valence-electron chi connectivity index (χ4n) is 3.55. The van der Waals surface area contributed by atoms with E-state index >= 15 is 0 Å². The Bertz CT molecular complexity index is 1350. The number of hydrogen-bond donors (Lipinski definition) is 2. The van der Waals surface area contributed by atoms with Crippen LogP contribution in [0, 0.1) is 5.92 Å². The third-order valence-electron chi connectivity index (χ3n) is 5.35. The molecule has 0 saturated heterocycles. The summed E-state index contributed by atoms with van der Waals surface area (Å²) in [6.07, 6.45) is 1.92. The van der Waals surface area contributed by atoms with Crippen LogP contribution in [-0.4, -0.2) is 40.0 Å². The number of amides is 1. The summed E-state index contributed by atoms with van der Waals surface area (Å²) in [5, 5.41) is 2.76. The number of fused-ring (bicyclic) bond motifs is 1. The Morgan fingerprint density at radius 3 is 2.59 bits per heavy atom. The van der Waals surface area contributed by atoms with Gasteiger partial charge in [-0.05, 0) is 42.3 Å². The van der Waals surface area contributed by atoms with Crippen molar-refractivity contribution in [2.24, 2.45) is 10.9 Å². The maximum atomic E-state index is 13.0. The van der Waals surface area contributed by atoms with Crippen LogP contribution in [0.1, 0.15) is 15.9 Å². The lowest BCUT2D eigenvalue weighted by atomic mass is 9.94. The number of carbonyl (C=O) groups is 2. The van der Waals surface area contributed by atoms with E-state index in [-0.39, 0.29) is 10.5 Å². The number of anilines is 1. The first-order chi connectivity index (χ1) is 16.4. The Kier molecular flexibility index (Phi) is 6.74. The molecule has 0 spiro atoms. The van der Waals surface area contributed by atoms with Gasteiger partial charge in [0.15, 0.2) is 5.78 Å². The van der Waals surface area contributed by atoms with Crippen LogP contribution in [0.2, 0.25) is 0 Å². The molecular formula is C25H23N3O5S. The molecule has 0 bridgehead atoms. The molecule has 0 aromatic heterocycles. The Labute approximate surface area is 197 Å². The van der Waals surface area contributed by atoms with Crippen LogP contribution in [0.15, 0.2) is 82.7 Å². The van der Waals surface area contributed by atoms with Gasteiger partial charge in [-0.3, -0.25) is 19.3 Å². The minimum Gasteiger partial charge on any atom is -0.497 e. The summed E-state index contributed by atoms with van der Waals surface area (Å²) in [4.78, 5) is 29.7. The van der Waals surface area contributed by atoms with Gasteiger partial charge in [0.2, 0.25) is 5.91 Å². The summed E-state index contributed by atoms with van der Waals surface area (Å²) in [5.74, 6) is -1.59. The predicted octanol–water partition coefficient (Wildman–Crippen LogP) is 3.37. The van der Waals surface area contributed by atoms with Crippen molar-refractivity contribution >= 4 is 39.3 Å². The second-order valence-corrected chi connectivity index (χ2v) is 9.35. The lowest BCUT2D eigenvalue weighted by Gasteiger charge is -2.18. The van der Waals surface area contributed by atoms with Gasteiger partial charge in [-0.2, -0.15) is 0 Å². The van der Waals surface area contributed by atoms with E-state index < -0.39 is 27.6 Å². The first-order valence-electron chi connectivity index (χ1n) is 10.6. The van der Waals surface area contributed by atoms with Gasteiger partial charge in [-0.25, -0.2) is 8.42 Å². The van der Waals surface area contributed by atoms with Crippen molar-refractivity contribution in [3.8, 4) is 5.75 Å². The van der Waals surface area contributed by atoms with Gasteiger partial charge in [0.1, 0.15) is 11.7 Å². The lowest BCUT2D eigenvalue weighted by Crippen LogP contribution is -2.38. The molecule has 174 valence electrons. The van der Waals surface area contributed by atoms with E-state index in [2.05, 4.69) is 15.0 Å². The van der Waals surface area contributed by atoms with Crippen LogP contribution in [0.5, 0.6) is 5.75 Å². The molecule has 3 aromatic rings. The van der Waals surface area contributed by atoms with Gasteiger partial charge in [0.25, 0.3) is 10.0 Å². The van der Waals surface area contributed by atoms with Crippen LogP contribution >= 0.6 is 0 Å². The number of ether oxygens (including phenoxy) is 1. The van der Waals surface area contributed by atoms with Crippen molar-refractivity contribution in [1.82, 2.24) is 5.32 Å². The molecule has 0 aliphatic carbocycles. The Balaban J connectivity index is 1.48. The van der Waals surface area contributed by atoms with E-state index in [1.165, 1.54) is 31.5 Å². The van der Waals surface area contributed by atoms with Gasteiger partial charge in [0, 0.05) is 24.4 Å². The molecule has 3 aromatic carbocycles. The summed E-state index contributed by atoms with van der Waals surface area (Å²) in [6, 6.07) is 20.2. The molecule has 0 fully saturated rings. The molecule has 1 atom stereocenters. The topological polar surface area (TPSA) is 114 Å². The molecule has 4 rings (SSSR count). The fraction of sp³-hybridized carbons (Fsp3) is 0.160. The number of carbonyl (C=O) groups excluding carboxylic acids is 2. The Morgan fingerprint density at radius 2 is 1.82 bits per heavy atom. The zero-order chi connectivity index (χ0) is 24.1. The fourth-order valence-corrected chi connectivity index (χ4v) is 4.63. The van der Waals surface area contributed by atoms with Crippen molar-refractivity contribution < 1.29 is 22.7 Å². The van der Waals surface area contributed by atoms with Crippen molar-refractivity contribution in [1.29, 1.82) is 0 Å². The van der Waals surface area contributed by atoms with Crippen LogP contribution in [0.25, 0.3) is 0 Å². The van der Waals surface area contributed by atoms with Crippen LogP contribution < -0.4 is 14.8 Å². The van der Waals surface area contributed by atoms with Gasteiger partial charge < -0.3 is 10.1 Å². The van der Waals surface area contributed by atoms with E-state index in [4.69, 9.17) is 4.74 Å². The maximum Gasteiger partial charge on any atom is 0.261 e. The number of aliphatic imine (C=N–C) groups is 1. The predicted molar refractivity (Wildman–Crippen MR) is 129 cm³/mol. The number of benzene rings is 3. The second-order valence-electron chi connectivity index (χ2n) is 7.66. The van der Waals surface area contributed by atoms with Crippen molar-refractivity contribution in [2.45, 2.75) is 11.3 Å². The molecule has 1 heterocycles. The summed E-state index contributed by atoms with van der Waals surface area (Å²) in [6.45, 7) is 0.367. The first-order valence-corrected chi connectivity index (χ1v) is 12.1. The molecule has 1 aliphatic rings. The molecule has 9 heteroatoms. The zero-order valence-electron chi connectivity index (χ0n) is 18.4. The maximum absolute atomic E-state index is 13.0. The van der Waals surface area contributed by atoms with Crippen molar-refractivity contribution in [2.75, 3.05) is 18.4 Å². The number of ketones is 1. The number of nitrogens with zero attached hydrogens (tertiary/aromatic N) is 1. The van der Waals surface area contributed by atoms with Gasteiger partial charge in [-0.1, -0.05) is 36.4 Å². The average Bonchev–Trinajstić information content (AvgIpc) is 2.84. The van der Waals surface area contributed by atoms with E-state index in [9.17, 15) is 18.0 Å². The SMILES string of the molecule is COc1cccc(NS(=O)(=O)c2ccc3c(c2)C(=O)C(C(=O)NCCc2ccccc2)C=N3)c1. The third-order valence-corrected chi connectivity index (χ3v) is 6.73. The molecule has 1 aliphatic heterocycles. The summed E-state index contributed by atoms with van der Waals surface area (Å²) < 4.78 is 33.4. The van der Waals surface area contributed by atoms with Crippen LogP contribution in [0.4, 0.5) is 11.4 Å². The lowest BCUT2D eigenvalue weighted by molar-refractivity contribution is -0.121. The van der Waals surface area contributed by atoms with Gasteiger partial charge >= 0.3 is 0 Å². The summed E-state index contributed by atoms with van der Waals surface area (Å²) >= 11 is 0. The molecule has 1 amide bonds. The van der Waals surface area contributed by atoms with Crippen molar-refractivity contribution in [3.63, 3.8) is 0 Å². The van der Waals surface area contributed by atoms with Gasteiger partial charge in [-0.15, -0.1) is 0 Å². The highest BCUT2D eigenvalue weighted by molar-refractivity contribution is 7.92. The molecule has 0 saturated carbocycles. The third kappa shape index (κ3) is 5.15. The number of nitrogens with one attached hydrogen (secondary N) is 2. The highest BCUT2D eigenvalue weighted by Crippen LogP contribution is 2.30. The normalized spacial score (nSPS) is 14.9. The van der Waals surface area contributed by atoms with E-state index in [0.717, 1.165) is 5.56 Å². The zero-order valence-corrected chi connectivity index (χ0v) is 19.2. The minimum absolute atomic E-state index is 0.0826. The minimum atomic E-state index is -3.99. The second kappa shape index (κ2) is 9.88. The summed E-state index contributed by atoms with van der Waals surface area (Å²) in [5.41, 5.74) is 1.78. The molecule has 2 N–H and O–H groups in total. The van der Waals surface area contributed by atoms with E-state index in [0.29, 0.717) is 30.1 Å². The quantitative estimate of drug-likeness (QED) is 0.483. The number of rotatable bonds is 8. The monoisotopic (exact) mass is 477 g/mol. The van der Waals surface area contributed by atoms with E-state index in [1.807, 2.05) is 30.3 Å². The van der Waals surface area contributed by atoms with Crippen LogP contribution in [0.3, 0.4) is 0 Å². The number of methoxy groups -OCH3 is 1. The summed E-state index contributed by atoms with van der Waals surface area (Å²) in [7, 11) is -2.50. The first kappa shape index (κ1) is 23.2. The molecule has 34 heavy (non-hydrogen) atoms. The number of sulfonamides is 1. The molecular weight excluding hydrogens is 454 g/mol.